The lowest BCUT2D eigenvalue weighted by molar-refractivity contribution is -0.143. The van der Waals surface area contributed by atoms with Crippen LogP contribution in [0.4, 0.5) is 8.78 Å². The SMILES string of the molecule is CCOC(=O)CNC(=O)C1C[C@@H](N2CCC(F)(F)C2)CN1S(=O)(=O)c1cccc(C#N)c1. The smallest absolute Gasteiger partial charge is 0.325 e. The average molecular weight is 470 g/mol. The van der Waals surface area contributed by atoms with Crippen LogP contribution in [0.5, 0.6) is 0 Å². The molecule has 1 N–H and O–H groups in total. The molecule has 1 aromatic carbocycles. The maximum absolute atomic E-state index is 13.7. The molecule has 1 unspecified atom stereocenters. The quantitative estimate of drug-likeness (QED) is 0.583. The van der Waals surface area contributed by atoms with Gasteiger partial charge in [-0.25, -0.2) is 17.2 Å². The predicted molar refractivity (Wildman–Crippen MR) is 108 cm³/mol. The van der Waals surface area contributed by atoms with Gasteiger partial charge in [-0.2, -0.15) is 9.57 Å². The van der Waals surface area contributed by atoms with Crippen LogP contribution in [0.25, 0.3) is 0 Å². The van der Waals surface area contributed by atoms with Crippen LogP contribution >= 0.6 is 0 Å². The number of alkyl halides is 2. The van der Waals surface area contributed by atoms with Gasteiger partial charge >= 0.3 is 5.97 Å². The number of halogens is 2. The Morgan fingerprint density at radius 3 is 2.75 bits per heavy atom. The van der Waals surface area contributed by atoms with Crippen molar-refractivity contribution in [3.63, 3.8) is 0 Å². The number of rotatable bonds is 7. The lowest BCUT2D eigenvalue weighted by Crippen LogP contribution is -2.47. The summed E-state index contributed by atoms with van der Waals surface area (Å²) in [6, 6.07) is 5.44. The van der Waals surface area contributed by atoms with Crippen LogP contribution in [0, 0.1) is 11.3 Å². The van der Waals surface area contributed by atoms with Crippen molar-refractivity contribution in [1.29, 1.82) is 5.26 Å². The minimum Gasteiger partial charge on any atom is -0.465 e. The van der Waals surface area contributed by atoms with E-state index >= 15 is 0 Å². The van der Waals surface area contributed by atoms with E-state index in [2.05, 4.69) is 5.32 Å². The molecule has 2 saturated heterocycles. The summed E-state index contributed by atoms with van der Waals surface area (Å²) in [5, 5.41) is 11.5. The third-order valence-corrected chi connectivity index (χ3v) is 7.40. The van der Waals surface area contributed by atoms with E-state index < -0.39 is 53.0 Å². The van der Waals surface area contributed by atoms with Gasteiger partial charge < -0.3 is 10.1 Å². The Kier molecular flexibility index (Phi) is 7.12. The summed E-state index contributed by atoms with van der Waals surface area (Å²) < 4.78 is 59.8. The van der Waals surface area contributed by atoms with Crippen LogP contribution < -0.4 is 5.32 Å². The summed E-state index contributed by atoms with van der Waals surface area (Å²) in [5.74, 6) is -4.26. The number of ether oxygens (including phenoxy) is 1. The number of amides is 1. The zero-order valence-electron chi connectivity index (χ0n) is 17.5. The molecule has 1 aromatic rings. The van der Waals surface area contributed by atoms with Gasteiger partial charge in [0.05, 0.1) is 29.7 Å². The van der Waals surface area contributed by atoms with Gasteiger partial charge in [0.2, 0.25) is 15.9 Å². The van der Waals surface area contributed by atoms with Crippen LogP contribution in [0.2, 0.25) is 0 Å². The highest BCUT2D eigenvalue weighted by molar-refractivity contribution is 7.89. The fourth-order valence-electron chi connectivity index (χ4n) is 3.98. The van der Waals surface area contributed by atoms with Crippen molar-refractivity contribution in [2.45, 2.75) is 42.7 Å². The minimum atomic E-state index is -4.21. The predicted octanol–water partition coefficient (Wildman–Crippen LogP) is 0.710. The number of carbonyl (C=O) groups excluding carboxylic acids is 2. The van der Waals surface area contributed by atoms with Gasteiger partial charge in [-0.1, -0.05) is 6.07 Å². The second-order valence-electron chi connectivity index (χ2n) is 7.72. The van der Waals surface area contributed by atoms with Crippen molar-refractivity contribution in [2.75, 3.05) is 32.8 Å². The van der Waals surface area contributed by atoms with Crippen molar-refractivity contribution in [2.24, 2.45) is 0 Å². The minimum absolute atomic E-state index is 0.00189. The number of benzene rings is 1. The largest absolute Gasteiger partial charge is 0.465 e. The Morgan fingerprint density at radius 1 is 1.38 bits per heavy atom. The number of likely N-dealkylation sites (tertiary alicyclic amines) is 1. The van der Waals surface area contributed by atoms with Crippen LogP contribution in [0.3, 0.4) is 0 Å². The molecule has 2 heterocycles. The first-order valence-electron chi connectivity index (χ1n) is 10.1. The fourth-order valence-corrected chi connectivity index (χ4v) is 5.66. The maximum atomic E-state index is 13.7. The molecular weight excluding hydrogens is 446 g/mol. The first-order valence-corrected chi connectivity index (χ1v) is 11.6. The van der Waals surface area contributed by atoms with Gasteiger partial charge in [0, 0.05) is 25.6 Å². The molecule has 0 aromatic heterocycles. The topological polar surface area (TPSA) is 120 Å². The highest BCUT2D eigenvalue weighted by atomic mass is 32.2. The van der Waals surface area contributed by atoms with E-state index in [1.807, 2.05) is 6.07 Å². The highest BCUT2D eigenvalue weighted by Crippen LogP contribution is 2.34. The Hall–Kier alpha value is -2.62. The van der Waals surface area contributed by atoms with Crippen molar-refractivity contribution in [3.05, 3.63) is 29.8 Å². The van der Waals surface area contributed by atoms with Gasteiger partial charge in [-0.15, -0.1) is 0 Å². The van der Waals surface area contributed by atoms with E-state index in [4.69, 9.17) is 10.00 Å². The molecule has 32 heavy (non-hydrogen) atoms. The Morgan fingerprint density at radius 2 is 2.12 bits per heavy atom. The lowest BCUT2D eigenvalue weighted by atomic mass is 10.1. The Balaban J connectivity index is 1.86. The summed E-state index contributed by atoms with van der Waals surface area (Å²) in [4.78, 5) is 25.7. The summed E-state index contributed by atoms with van der Waals surface area (Å²) in [6.07, 6.45) is -0.331. The molecule has 9 nitrogen and oxygen atoms in total. The number of nitrogens with one attached hydrogen (secondary N) is 1. The summed E-state index contributed by atoms with van der Waals surface area (Å²) in [7, 11) is -4.21. The van der Waals surface area contributed by atoms with Gasteiger partial charge in [-0.05, 0) is 31.5 Å². The molecule has 12 heteroatoms. The molecule has 2 fully saturated rings. The first kappa shape index (κ1) is 24.0. The molecule has 3 rings (SSSR count). The van der Waals surface area contributed by atoms with E-state index in [9.17, 15) is 26.8 Å². The lowest BCUT2D eigenvalue weighted by Gasteiger charge is -2.24. The van der Waals surface area contributed by atoms with Gasteiger partial charge in [0.1, 0.15) is 12.6 Å². The normalized spacial score (nSPS) is 23.6. The van der Waals surface area contributed by atoms with Crippen LogP contribution in [-0.2, 0) is 24.3 Å². The third kappa shape index (κ3) is 5.23. The van der Waals surface area contributed by atoms with Crippen molar-refractivity contribution >= 4 is 21.9 Å². The number of nitriles is 1. The summed E-state index contributed by atoms with van der Waals surface area (Å²) in [5.41, 5.74) is 0.129. The number of sulfonamides is 1. The van der Waals surface area contributed by atoms with E-state index in [1.165, 1.54) is 29.2 Å². The van der Waals surface area contributed by atoms with Crippen molar-refractivity contribution in [3.8, 4) is 6.07 Å². The number of nitrogens with zero attached hydrogens (tertiary/aromatic N) is 3. The highest BCUT2D eigenvalue weighted by Gasteiger charge is 2.49. The molecule has 0 bridgehead atoms. The maximum Gasteiger partial charge on any atom is 0.325 e. The van der Waals surface area contributed by atoms with Crippen LogP contribution in [0.1, 0.15) is 25.3 Å². The number of hydrogen-bond donors (Lipinski definition) is 1. The van der Waals surface area contributed by atoms with E-state index in [1.54, 1.807) is 6.92 Å². The molecule has 0 aliphatic carbocycles. The molecule has 174 valence electrons. The molecule has 2 aliphatic rings. The van der Waals surface area contributed by atoms with Crippen LogP contribution in [0.15, 0.2) is 29.2 Å². The molecule has 0 radical (unpaired) electrons. The zero-order chi connectivity index (χ0) is 23.5. The van der Waals surface area contributed by atoms with Crippen molar-refractivity contribution < 1.29 is 31.5 Å². The fraction of sp³-hybridized carbons (Fsp3) is 0.550. The molecule has 2 aliphatic heterocycles. The Bertz CT molecular complexity index is 1030. The monoisotopic (exact) mass is 470 g/mol. The Labute approximate surface area is 185 Å². The average Bonchev–Trinajstić information content (AvgIpc) is 3.36. The van der Waals surface area contributed by atoms with Crippen molar-refractivity contribution in [1.82, 2.24) is 14.5 Å². The van der Waals surface area contributed by atoms with E-state index in [0.29, 0.717) is 0 Å². The summed E-state index contributed by atoms with van der Waals surface area (Å²) >= 11 is 0. The summed E-state index contributed by atoms with van der Waals surface area (Å²) in [6.45, 7) is 0.718. The first-order chi connectivity index (χ1) is 15.1. The zero-order valence-corrected chi connectivity index (χ0v) is 18.3. The standard InChI is InChI=1S/C20H24F2N4O5S/c1-2-31-18(27)11-24-19(28)17-9-15(25-7-6-20(21,22)13-25)12-26(17)32(29,30)16-5-3-4-14(8-16)10-23/h3-5,8,15,17H,2,6-7,9,11-13H2,1H3,(H,24,28)/t15-,17?/m1/s1. The van der Waals surface area contributed by atoms with Crippen LogP contribution in [-0.4, -0.2) is 80.3 Å². The van der Waals surface area contributed by atoms with Gasteiger partial charge in [0.25, 0.3) is 5.92 Å². The molecular formula is C20H24F2N4O5S. The molecule has 1 amide bonds. The third-order valence-electron chi connectivity index (χ3n) is 5.53. The van der Waals surface area contributed by atoms with Gasteiger partial charge in [0.15, 0.2) is 0 Å². The second-order valence-corrected chi connectivity index (χ2v) is 9.61. The second kappa shape index (κ2) is 9.48. The molecule has 0 saturated carbocycles. The number of carbonyl (C=O) groups is 2. The number of esters is 1. The van der Waals surface area contributed by atoms with E-state index in [0.717, 1.165) is 4.31 Å². The molecule has 0 spiro atoms. The molecule has 2 atom stereocenters. The van der Waals surface area contributed by atoms with E-state index in [-0.39, 0.29) is 43.0 Å². The van der Waals surface area contributed by atoms with Gasteiger partial charge in [-0.3, -0.25) is 14.5 Å². The number of hydrogen-bond acceptors (Lipinski definition) is 7.